The molecule has 8 nitrogen and oxygen atoms in total. The summed E-state index contributed by atoms with van der Waals surface area (Å²) in [6.45, 7) is 4.38. The quantitative estimate of drug-likeness (QED) is 0.612. The van der Waals surface area contributed by atoms with Gasteiger partial charge in [-0.1, -0.05) is 36.0 Å². The summed E-state index contributed by atoms with van der Waals surface area (Å²) in [6.07, 6.45) is 4.72. The van der Waals surface area contributed by atoms with Crippen molar-refractivity contribution >= 4 is 28.6 Å². The van der Waals surface area contributed by atoms with E-state index < -0.39 is 0 Å². The van der Waals surface area contributed by atoms with Crippen LogP contribution in [-0.4, -0.2) is 42.8 Å². The van der Waals surface area contributed by atoms with Crippen molar-refractivity contribution < 1.29 is 0 Å². The van der Waals surface area contributed by atoms with Crippen LogP contribution in [0.25, 0.3) is 10.9 Å². The number of aromatic nitrogens is 6. The number of fused-ring (bicyclic) bond motifs is 1. The fraction of sp³-hybridized carbons (Fsp3) is 0.526. The Balaban J connectivity index is 1.39. The first-order valence-corrected chi connectivity index (χ1v) is 10.8. The molecule has 1 saturated heterocycles. The summed E-state index contributed by atoms with van der Waals surface area (Å²) in [5, 5.41) is 18.6. The highest BCUT2D eigenvalue weighted by Gasteiger charge is 2.32. The average molecular weight is 398 g/mol. The van der Waals surface area contributed by atoms with Crippen LogP contribution < -0.4 is 10.5 Å². The number of hydrogen-bond acceptors (Lipinski definition) is 7. The second kappa shape index (κ2) is 7.20. The molecule has 1 aromatic carbocycles. The van der Waals surface area contributed by atoms with Crippen molar-refractivity contribution in [3.63, 3.8) is 0 Å². The van der Waals surface area contributed by atoms with Gasteiger partial charge in [-0.2, -0.15) is 4.68 Å². The first-order valence-electron chi connectivity index (χ1n) is 9.86. The minimum atomic E-state index is -0.124. The second-order valence-corrected chi connectivity index (χ2v) is 8.65. The lowest BCUT2D eigenvalue weighted by atomic mass is 10.00. The smallest absolute Gasteiger partial charge is 0.278 e. The van der Waals surface area contributed by atoms with Gasteiger partial charge in [0, 0.05) is 19.1 Å². The predicted molar refractivity (Wildman–Crippen MR) is 109 cm³/mol. The highest BCUT2D eigenvalue weighted by Crippen LogP contribution is 2.41. The van der Waals surface area contributed by atoms with Gasteiger partial charge < -0.3 is 4.90 Å². The van der Waals surface area contributed by atoms with Gasteiger partial charge in [-0.25, -0.2) is 0 Å². The molecule has 1 aliphatic carbocycles. The standard InChI is InChI=1S/C19H23N7OS/c1-13-8-10-24(11-9-13)18-21-22-19(26(18)14-6-7-14)28-12-25-17(27)15-4-2-3-5-16(15)20-23-25/h2-5,13-14H,6-12H2,1H3. The van der Waals surface area contributed by atoms with Crippen molar-refractivity contribution in [1.29, 1.82) is 0 Å². The Bertz CT molecular complexity index is 1050. The normalized spacial score (nSPS) is 18.1. The van der Waals surface area contributed by atoms with Crippen LogP contribution in [0, 0.1) is 5.92 Å². The molecular weight excluding hydrogens is 374 g/mol. The van der Waals surface area contributed by atoms with Gasteiger partial charge in [0.25, 0.3) is 5.56 Å². The molecule has 146 valence electrons. The summed E-state index contributed by atoms with van der Waals surface area (Å²) < 4.78 is 3.67. The van der Waals surface area contributed by atoms with E-state index in [-0.39, 0.29) is 5.56 Å². The third kappa shape index (κ3) is 3.28. The minimum absolute atomic E-state index is 0.124. The molecule has 28 heavy (non-hydrogen) atoms. The Morgan fingerprint density at radius 2 is 1.86 bits per heavy atom. The zero-order chi connectivity index (χ0) is 19.1. The fourth-order valence-electron chi connectivity index (χ4n) is 3.67. The number of piperidine rings is 1. The van der Waals surface area contributed by atoms with Crippen LogP contribution in [0.4, 0.5) is 5.95 Å². The van der Waals surface area contributed by atoms with Crippen LogP contribution in [0.3, 0.4) is 0 Å². The van der Waals surface area contributed by atoms with Gasteiger partial charge in [-0.3, -0.25) is 9.36 Å². The van der Waals surface area contributed by atoms with Crippen molar-refractivity contribution in [2.45, 2.75) is 49.7 Å². The molecule has 0 unspecified atom stereocenters. The third-order valence-electron chi connectivity index (χ3n) is 5.57. The Kier molecular flexibility index (Phi) is 4.54. The molecule has 1 saturated carbocycles. The number of rotatable bonds is 5. The van der Waals surface area contributed by atoms with E-state index in [1.807, 2.05) is 12.1 Å². The maximum atomic E-state index is 12.7. The molecule has 2 fully saturated rings. The molecule has 0 N–H and O–H groups in total. The van der Waals surface area contributed by atoms with E-state index in [2.05, 4.69) is 36.9 Å². The van der Waals surface area contributed by atoms with E-state index >= 15 is 0 Å². The van der Waals surface area contributed by atoms with Crippen LogP contribution in [0.5, 0.6) is 0 Å². The molecule has 1 aliphatic heterocycles. The van der Waals surface area contributed by atoms with E-state index in [0.717, 1.165) is 30.1 Å². The van der Waals surface area contributed by atoms with Crippen LogP contribution in [0.15, 0.2) is 34.2 Å². The zero-order valence-electron chi connectivity index (χ0n) is 15.9. The topological polar surface area (TPSA) is 81.7 Å². The van der Waals surface area contributed by atoms with Crippen LogP contribution in [-0.2, 0) is 5.88 Å². The van der Waals surface area contributed by atoms with Gasteiger partial charge in [0.1, 0.15) is 5.52 Å². The van der Waals surface area contributed by atoms with Crippen LogP contribution in [0.1, 0.15) is 38.6 Å². The Morgan fingerprint density at radius 3 is 2.64 bits per heavy atom. The van der Waals surface area contributed by atoms with Crippen molar-refractivity contribution in [3.05, 3.63) is 34.6 Å². The molecule has 0 amide bonds. The van der Waals surface area contributed by atoms with E-state index in [4.69, 9.17) is 0 Å². The molecule has 0 spiro atoms. The molecule has 0 radical (unpaired) electrons. The maximum Gasteiger partial charge on any atom is 0.278 e. The summed E-state index contributed by atoms with van der Waals surface area (Å²) in [5.41, 5.74) is 0.498. The van der Waals surface area contributed by atoms with Gasteiger partial charge >= 0.3 is 0 Å². The van der Waals surface area contributed by atoms with Gasteiger partial charge in [0.05, 0.1) is 11.3 Å². The first-order chi connectivity index (χ1) is 13.7. The van der Waals surface area contributed by atoms with Crippen molar-refractivity contribution in [2.75, 3.05) is 18.0 Å². The third-order valence-corrected chi connectivity index (χ3v) is 6.48. The average Bonchev–Trinajstić information content (AvgIpc) is 3.48. The molecule has 0 atom stereocenters. The Morgan fingerprint density at radius 1 is 1.07 bits per heavy atom. The predicted octanol–water partition coefficient (Wildman–Crippen LogP) is 2.70. The van der Waals surface area contributed by atoms with Crippen molar-refractivity contribution in [1.82, 2.24) is 29.8 Å². The lowest BCUT2D eigenvalue weighted by molar-refractivity contribution is 0.429. The molecule has 0 bridgehead atoms. The Hall–Kier alpha value is -2.42. The second-order valence-electron chi connectivity index (χ2n) is 7.74. The SMILES string of the molecule is CC1CCN(c2nnc(SCn3nnc4ccccc4c3=O)n2C2CC2)CC1. The number of nitrogens with zero attached hydrogens (tertiary/aromatic N) is 7. The van der Waals surface area contributed by atoms with Crippen LogP contribution >= 0.6 is 11.8 Å². The molecule has 3 aromatic rings. The highest BCUT2D eigenvalue weighted by atomic mass is 32.2. The molecule has 5 rings (SSSR count). The van der Waals surface area contributed by atoms with Gasteiger partial charge in [0.2, 0.25) is 5.95 Å². The number of thioether (sulfide) groups is 1. The lowest BCUT2D eigenvalue weighted by Gasteiger charge is -2.31. The number of benzene rings is 1. The highest BCUT2D eigenvalue weighted by molar-refractivity contribution is 7.98. The monoisotopic (exact) mass is 397 g/mol. The molecule has 9 heteroatoms. The number of anilines is 1. The van der Waals surface area contributed by atoms with E-state index in [0.29, 0.717) is 22.8 Å². The molecular formula is C19H23N7OS. The zero-order valence-corrected chi connectivity index (χ0v) is 16.7. The summed E-state index contributed by atoms with van der Waals surface area (Å²) in [7, 11) is 0. The van der Waals surface area contributed by atoms with Crippen LogP contribution in [0.2, 0.25) is 0 Å². The summed E-state index contributed by atoms with van der Waals surface area (Å²) >= 11 is 1.50. The fourth-order valence-corrected chi connectivity index (χ4v) is 4.55. The summed E-state index contributed by atoms with van der Waals surface area (Å²) in [5.74, 6) is 2.13. The maximum absolute atomic E-state index is 12.7. The van der Waals surface area contributed by atoms with Gasteiger partial charge in [0.15, 0.2) is 5.16 Å². The molecule has 3 heterocycles. The summed E-state index contributed by atoms with van der Waals surface area (Å²) in [4.78, 5) is 15.0. The summed E-state index contributed by atoms with van der Waals surface area (Å²) in [6, 6.07) is 7.77. The molecule has 2 aliphatic rings. The van der Waals surface area contributed by atoms with E-state index in [1.54, 1.807) is 12.1 Å². The number of hydrogen-bond donors (Lipinski definition) is 0. The van der Waals surface area contributed by atoms with Crippen molar-refractivity contribution in [3.8, 4) is 0 Å². The van der Waals surface area contributed by atoms with Gasteiger partial charge in [-0.05, 0) is 43.7 Å². The van der Waals surface area contributed by atoms with Gasteiger partial charge in [-0.15, -0.1) is 15.3 Å². The Labute approximate surface area is 166 Å². The van der Waals surface area contributed by atoms with E-state index in [9.17, 15) is 4.79 Å². The largest absolute Gasteiger partial charge is 0.341 e. The van der Waals surface area contributed by atoms with Crippen molar-refractivity contribution in [2.24, 2.45) is 5.92 Å². The molecule has 2 aromatic heterocycles. The first kappa shape index (κ1) is 17.7. The van der Waals surface area contributed by atoms with E-state index in [1.165, 1.54) is 42.1 Å². The lowest BCUT2D eigenvalue weighted by Crippen LogP contribution is -2.34. The minimum Gasteiger partial charge on any atom is -0.341 e.